The lowest BCUT2D eigenvalue weighted by molar-refractivity contribution is 0.102. The summed E-state index contributed by atoms with van der Waals surface area (Å²) in [6, 6.07) is 10.8. The van der Waals surface area contributed by atoms with Crippen LogP contribution >= 0.6 is 23.2 Å². The van der Waals surface area contributed by atoms with Crippen molar-refractivity contribution in [3.05, 3.63) is 57.6 Å². The average Bonchev–Trinajstić information content (AvgIpc) is 2.58. The van der Waals surface area contributed by atoms with Crippen LogP contribution in [0.5, 0.6) is 5.75 Å². The number of rotatable bonds is 8. The predicted molar refractivity (Wildman–Crippen MR) is 105 cm³/mol. The molecule has 0 saturated heterocycles. The minimum Gasteiger partial charge on any atom is -0.490 e. The van der Waals surface area contributed by atoms with Crippen LogP contribution in [-0.4, -0.2) is 12.5 Å². The highest BCUT2D eigenvalue weighted by atomic mass is 35.5. The van der Waals surface area contributed by atoms with Gasteiger partial charge in [0.2, 0.25) is 0 Å². The summed E-state index contributed by atoms with van der Waals surface area (Å²) in [5.74, 6) is 0.180. The Hall–Kier alpha value is -1.71. The van der Waals surface area contributed by atoms with Gasteiger partial charge in [0.05, 0.1) is 16.7 Å². The predicted octanol–water partition coefficient (Wildman–Crippen LogP) is 6.51. The second kappa shape index (κ2) is 9.69. The highest BCUT2D eigenvalue weighted by molar-refractivity contribution is 6.37. The molecule has 0 aliphatic rings. The van der Waals surface area contributed by atoms with Crippen molar-refractivity contribution >= 4 is 34.8 Å². The molecule has 0 bridgehead atoms. The smallest absolute Gasteiger partial charge is 0.255 e. The molecular formula is C20H23Cl2NO2. The van der Waals surface area contributed by atoms with Crippen LogP contribution in [0.2, 0.25) is 10.0 Å². The zero-order valence-corrected chi connectivity index (χ0v) is 16.1. The highest BCUT2D eigenvalue weighted by Crippen LogP contribution is 2.34. The molecule has 0 heterocycles. The second-order valence-electron chi connectivity index (χ2n) is 5.95. The number of hydrogen-bond acceptors (Lipinski definition) is 2. The number of amides is 1. The molecule has 25 heavy (non-hydrogen) atoms. The second-order valence-corrected chi connectivity index (χ2v) is 6.76. The Labute approximate surface area is 159 Å². The zero-order valence-electron chi connectivity index (χ0n) is 14.6. The number of benzene rings is 2. The number of ether oxygens (including phenoxy) is 1. The van der Waals surface area contributed by atoms with Gasteiger partial charge in [-0.05, 0) is 37.1 Å². The lowest BCUT2D eigenvalue weighted by Crippen LogP contribution is -2.13. The molecule has 1 amide bonds. The molecule has 0 spiro atoms. The van der Waals surface area contributed by atoms with Crippen molar-refractivity contribution in [2.24, 2.45) is 0 Å². The van der Waals surface area contributed by atoms with Crippen molar-refractivity contribution in [3.8, 4) is 5.75 Å². The van der Waals surface area contributed by atoms with E-state index in [9.17, 15) is 4.79 Å². The third-order valence-electron chi connectivity index (χ3n) is 3.90. The standard InChI is InChI=1S/C20H23Cl2NO2/c1-3-4-5-8-11-25-19-16(21)12-15(13-17(19)22)20(24)23-18-10-7-6-9-14(18)2/h6-7,9-10,12-13H,3-5,8,11H2,1-2H3,(H,23,24). The van der Waals surface area contributed by atoms with E-state index in [2.05, 4.69) is 12.2 Å². The molecule has 2 aromatic carbocycles. The fourth-order valence-electron chi connectivity index (χ4n) is 2.44. The van der Waals surface area contributed by atoms with Crippen molar-refractivity contribution in [3.63, 3.8) is 0 Å². The van der Waals surface area contributed by atoms with Gasteiger partial charge in [0, 0.05) is 11.3 Å². The van der Waals surface area contributed by atoms with Gasteiger partial charge >= 0.3 is 0 Å². The van der Waals surface area contributed by atoms with E-state index in [1.54, 1.807) is 12.1 Å². The first-order chi connectivity index (χ1) is 12.0. The van der Waals surface area contributed by atoms with E-state index in [0.29, 0.717) is 28.0 Å². The molecule has 2 aromatic rings. The number of para-hydroxylation sites is 1. The first-order valence-corrected chi connectivity index (χ1v) is 9.27. The van der Waals surface area contributed by atoms with Crippen molar-refractivity contribution in [1.29, 1.82) is 0 Å². The highest BCUT2D eigenvalue weighted by Gasteiger charge is 2.15. The van der Waals surface area contributed by atoms with Crippen LogP contribution < -0.4 is 10.1 Å². The summed E-state index contributed by atoms with van der Waals surface area (Å²) in [6.45, 7) is 4.66. The Morgan fingerprint density at radius 1 is 1.08 bits per heavy atom. The quantitative estimate of drug-likeness (QED) is 0.530. The number of carbonyl (C=O) groups excluding carboxylic acids is 1. The summed E-state index contributed by atoms with van der Waals surface area (Å²) in [7, 11) is 0. The fraction of sp³-hybridized carbons (Fsp3) is 0.350. The molecular weight excluding hydrogens is 357 g/mol. The molecule has 0 unspecified atom stereocenters. The molecule has 3 nitrogen and oxygen atoms in total. The van der Waals surface area contributed by atoms with Gasteiger partial charge in [0.1, 0.15) is 0 Å². The average molecular weight is 380 g/mol. The molecule has 0 fully saturated rings. The minimum absolute atomic E-state index is 0.257. The minimum atomic E-state index is -0.257. The third kappa shape index (κ3) is 5.65. The zero-order chi connectivity index (χ0) is 18.2. The van der Waals surface area contributed by atoms with Gasteiger partial charge < -0.3 is 10.1 Å². The number of anilines is 1. The van der Waals surface area contributed by atoms with Crippen molar-refractivity contribution in [1.82, 2.24) is 0 Å². The number of halogens is 2. The lowest BCUT2D eigenvalue weighted by atomic mass is 10.1. The van der Waals surface area contributed by atoms with Gasteiger partial charge in [0.15, 0.2) is 5.75 Å². The van der Waals surface area contributed by atoms with Gasteiger partial charge in [0.25, 0.3) is 5.91 Å². The number of carbonyl (C=O) groups is 1. The molecule has 1 N–H and O–H groups in total. The maximum absolute atomic E-state index is 12.4. The van der Waals surface area contributed by atoms with E-state index >= 15 is 0 Å². The lowest BCUT2D eigenvalue weighted by Gasteiger charge is -2.13. The Bertz CT molecular complexity index is 708. The molecule has 0 saturated carbocycles. The monoisotopic (exact) mass is 379 g/mol. The summed E-state index contributed by atoms with van der Waals surface area (Å²) >= 11 is 12.5. The van der Waals surface area contributed by atoms with Crippen LogP contribution in [0.15, 0.2) is 36.4 Å². The van der Waals surface area contributed by atoms with E-state index in [-0.39, 0.29) is 5.91 Å². The Morgan fingerprint density at radius 3 is 2.40 bits per heavy atom. The summed E-state index contributed by atoms with van der Waals surface area (Å²) in [5, 5.41) is 3.56. The van der Waals surface area contributed by atoms with Crippen LogP contribution in [0, 0.1) is 6.92 Å². The van der Waals surface area contributed by atoms with Crippen LogP contribution in [0.1, 0.15) is 48.5 Å². The van der Waals surface area contributed by atoms with Crippen LogP contribution in [0.3, 0.4) is 0 Å². The largest absolute Gasteiger partial charge is 0.490 e. The Kier molecular flexibility index (Phi) is 7.60. The van der Waals surface area contributed by atoms with E-state index in [1.807, 2.05) is 31.2 Å². The molecule has 0 aromatic heterocycles. The van der Waals surface area contributed by atoms with Gasteiger partial charge in [-0.2, -0.15) is 0 Å². The van der Waals surface area contributed by atoms with E-state index in [1.165, 1.54) is 12.8 Å². The molecule has 0 aliphatic heterocycles. The number of hydrogen-bond donors (Lipinski definition) is 1. The topological polar surface area (TPSA) is 38.3 Å². The molecule has 0 radical (unpaired) electrons. The van der Waals surface area contributed by atoms with Crippen molar-refractivity contribution in [2.45, 2.75) is 39.5 Å². The molecule has 0 atom stereocenters. The summed E-state index contributed by atoms with van der Waals surface area (Å²) in [5.41, 5.74) is 2.15. The maximum Gasteiger partial charge on any atom is 0.255 e. The third-order valence-corrected chi connectivity index (χ3v) is 4.46. The number of unbranched alkanes of at least 4 members (excludes halogenated alkanes) is 3. The van der Waals surface area contributed by atoms with Crippen molar-refractivity contribution < 1.29 is 9.53 Å². The van der Waals surface area contributed by atoms with Gasteiger partial charge in [-0.3, -0.25) is 4.79 Å². The fourth-order valence-corrected chi connectivity index (χ4v) is 3.04. The summed E-state index contributed by atoms with van der Waals surface area (Å²) in [6.07, 6.45) is 4.42. The Morgan fingerprint density at radius 2 is 1.76 bits per heavy atom. The Balaban J connectivity index is 2.05. The number of nitrogens with one attached hydrogen (secondary N) is 1. The normalized spacial score (nSPS) is 10.6. The SMILES string of the molecule is CCCCCCOc1c(Cl)cc(C(=O)Nc2ccccc2C)cc1Cl. The van der Waals surface area contributed by atoms with Crippen LogP contribution in [0.4, 0.5) is 5.69 Å². The number of aryl methyl sites for hydroxylation is 1. The molecule has 134 valence electrons. The summed E-state index contributed by atoms with van der Waals surface area (Å²) < 4.78 is 5.69. The van der Waals surface area contributed by atoms with Crippen molar-refractivity contribution in [2.75, 3.05) is 11.9 Å². The molecule has 5 heteroatoms. The van der Waals surface area contributed by atoms with Gasteiger partial charge in [-0.15, -0.1) is 0 Å². The molecule has 0 aliphatic carbocycles. The van der Waals surface area contributed by atoms with Crippen LogP contribution in [0.25, 0.3) is 0 Å². The first-order valence-electron chi connectivity index (χ1n) is 8.51. The van der Waals surface area contributed by atoms with Gasteiger partial charge in [-0.25, -0.2) is 0 Å². The molecule has 2 rings (SSSR count). The summed E-state index contributed by atoms with van der Waals surface area (Å²) in [4.78, 5) is 12.4. The van der Waals surface area contributed by atoms with E-state index in [0.717, 1.165) is 24.1 Å². The van der Waals surface area contributed by atoms with Crippen LogP contribution in [-0.2, 0) is 0 Å². The van der Waals surface area contributed by atoms with E-state index in [4.69, 9.17) is 27.9 Å². The van der Waals surface area contributed by atoms with Gasteiger partial charge in [-0.1, -0.05) is 67.6 Å². The first kappa shape index (κ1) is 19.6. The van der Waals surface area contributed by atoms with E-state index < -0.39 is 0 Å². The maximum atomic E-state index is 12.4.